The first kappa shape index (κ1) is 12.0. The second-order valence-electron chi connectivity index (χ2n) is 3.26. The fraction of sp³-hybridized carbons (Fsp3) is 0.364. The molecule has 0 radical (unpaired) electrons. The summed E-state index contributed by atoms with van der Waals surface area (Å²) in [5, 5.41) is 0. The quantitative estimate of drug-likeness (QED) is 0.340. The third kappa shape index (κ3) is 2.72. The Morgan fingerprint density at radius 1 is 1.64 bits per heavy atom. The molecule has 14 heavy (non-hydrogen) atoms. The van der Waals surface area contributed by atoms with E-state index in [1.165, 1.54) is 0 Å². The molecule has 0 spiro atoms. The summed E-state index contributed by atoms with van der Waals surface area (Å²) in [4.78, 5) is -0.430. The van der Waals surface area contributed by atoms with Gasteiger partial charge in [-0.3, -0.25) is 0 Å². The van der Waals surface area contributed by atoms with E-state index in [0.717, 1.165) is 6.42 Å². The normalized spacial score (nSPS) is 31.2. The average Bonchev–Trinajstić information content (AvgIpc) is 2.15. The van der Waals surface area contributed by atoms with Gasteiger partial charge in [0.2, 0.25) is 0 Å². The molecule has 0 bridgehead atoms. The van der Waals surface area contributed by atoms with E-state index in [1.54, 1.807) is 0 Å². The molecule has 0 aromatic heterocycles. The molecule has 3 heteroatoms. The highest BCUT2D eigenvalue weighted by Crippen LogP contribution is 2.36. The van der Waals surface area contributed by atoms with E-state index in [1.807, 2.05) is 37.3 Å². The standard InChI is InChI=1S/C11H13ClS2/c1-2-3-7-11(12)8-5-4-6-9(11)10(13)14/h2-6,8-9H,7H2,1H3,(H,13,14). The van der Waals surface area contributed by atoms with Crippen LogP contribution >= 0.6 is 36.4 Å². The van der Waals surface area contributed by atoms with E-state index in [-0.39, 0.29) is 5.92 Å². The summed E-state index contributed by atoms with van der Waals surface area (Å²) in [6, 6.07) is 0. The molecule has 0 nitrogen and oxygen atoms in total. The van der Waals surface area contributed by atoms with Gasteiger partial charge in [-0.15, -0.1) is 24.2 Å². The molecule has 0 fully saturated rings. The van der Waals surface area contributed by atoms with Gasteiger partial charge in [-0.1, -0.05) is 48.7 Å². The average molecular weight is 245 g/mol. The van der Waals surface area contributed by atoms with Crippen LogP contribution in [0.3, 0.4) is 0 Å². The highest BCUT2D eigenvalue weighted by Gasteiger charge is 2.34. The maximum atomic E-state index is 6.49. The van der Waals surface area contributed by atoms with Crippen molar-refractivity contribution in [3.63, 3.8) is 0 Å². The first-order chi connectivity index (χ1) is 6.60. The van der Waals surface area contributed by atoms with E-state index in [4.69, 9.17) is 23.8 Å². The largest absolute Gasteiger partial charge is 0.136 e. The predicted octanol–water partition coefficient (Wildman–Crippen LogP) is 3.93. The van der Waals surface area contributed by atoms with Gasteiger partial charge in [-0.2, -0.15) is 0 Å². The first-order valence-electron chi connectivity index (χ1n) is 4.49. The van der Waals surface area contributed by atoms with Crippen molar-refractivity contribution in [2.45, 2.75) is 18.2 Å². The molecule has 0 heterocycles. The van der Waals surface area contributed by atoms with Gasteiger partial charge in [0.25, 0.3) is 0 Å². The van der Waals surface area contributed by atoms with Gasteiger partial charge in [0.1, 0.15) is 0 Å². The number of alkyl halides is 1. The highest BCUT2D eigenvalue weighted by molar-refractivity contribution is 8.11. The first-order valence-corrected chi connectivity index (χ1v) is 5.72. The number of thiocarbonyl (C=S) groups is 1. The van der Waals surface area contributed by atoms with Gasteiger partial charge in [0.05, 0.1) is 9.07 Å². The summed E-state index contributed by atoms with van der Waals surface area (Å²) in [5.41, 5.74) is 0. The van der Waals surface area contributed by atoms with Crippen molar-refractivity contribution in [3.05, 3.63) is 36.5 Å². The van der Waals surface area contributed by atoms with Crippen molar-refractivity contribution in [1.82, 2.24) is 0 Å². The van der Waals surface area contributed by atoms with Gasteiger partial charge in [-0.05, 0) is 13.3 Å². The molecule has 1 aliphatic rings. The lowest BCUT2D eigenvalue weighted by Crippen LogP contribution is -2.32. The van der Waals surface area contributed by atoms with Crippen LogP contribution in [0.2, 0.25) is 0 Å². The van der Waals surface area contributed by atoms with E-state index < -0.39 is 4.87 Å². The molecule has 2 unspecified atom stereocenters. The van der Waals surface area contributed by atoms with Crippen LogP contribution in [0.15, 0.2) is 36.5 Å². The molecule has 76 valence electrons. The van der Waals surface area contributed by atoms with Crippen LogP contribution < -0.4 is 0 Å². The molecule has 0 amide bonds. The Labute approximate surface area is 101 Å². The number of rotatable bonds is 3. The van der Waals surface area contributed by atoms with Crippen LogP contribution in [-0.4, -0.2) is 9.07 Å². The number of allylic oxidation sites excluding steroid dienone is 6. The topological polar surface area (TPSA) is 0 Å². The smallest absolute Gasteiger partial charge is 0.0779 e. The van der Waals surface area contributed by atoms with Crippen LogP contribution in [0.5, 0.6) is 0 Å². The molecule has 1 rings (SSSR count). The minimum absolute atomic E-state index is 0.0312. The predicted molar refractivity (Wildman–Crippen MR) is 71.4 cm³/mol. The molecule has 1 aliphatic carbocycles. The molecule has 0 saturated heterocycles. The molecular weight excluding hydrogens is 232 g/mol. The summed E-state index contributed by atoms with van der Waals surface area (Å²) in [6.45, 7) is 1.98. The Morgan fingerprint density at radius 2 is 2.36 bits per heavy atom. The Hall–Kier alpha value is -0.0500. The van der Waals surface area contributed by atoms with Crippen LogP contribution in [0.4, 0.5) is 0 Å². The molecule has 0 aromatic rings. The van der Waals surface area contributed by atoms with Crippen molar-refractivity contribution < 1.29 is 0 Å². The zero-order valence-electron chi connectivity index (χ0n) is 7.98. The third-order valence-corrected chi connectivity index (χ3v) is 3.28. The van der Waals surface area contributed by atoms with Crippen molar-refractivity contribution in [1.29, 1.82) is 0 Å². The Bertz CT molecular complexity index is 304. The van der Waals surface area contributed by atoms with Crippen LogP contribution in [0.1, 0.15) is 13.3 Å². The van der Waals surface area contributed by atoms with E-state index in [0.29, 0.717) is 4.20 Å². The van der Waals surface area contributed by atoms with Gasteiger partial charge >= 0.3 is 0 Å². The minimum atomic E-state index is -0.430. The summed E-state index contributed by atoms with van der Waals surface area (Å²) >= 11 is 15.8. The lowest BCUT2D eigenvalue weighted by Gasteiger charge is -2.31. The zero-order chi connectivity index (χ0) is 10.6. The molecule has 0 aromatic carbocycles. The Morgan fingerprint density at radius 3 is 2.93 bits per heavy atom. The molecular formula is C11H13ClS2. The maximum absolute atomic E-state index is 6.49. The molecule has 0 aliphatic heterocycles. The molecule has 0 saturated carbocycles. The fourth-order valence-corrected chi connectivity index (χ4v) is 2.53. The SMILES string of the molecule is CC=CCC1(Cl)C=CC=CC1C(=S)S. The monoisotopic (exact) mass is 244 g/mol. The Kier molecular flexibility index (Phi) is 4.42. The summed E-state index contributed by atoms with van der Waals surface area (Å²) in [7, 11) is 0. The summed E-state index contributed by atoms with van der Waals surface area (Å²) in [5.74, 6) is 0.0312. The number of thiol groups is 1. The van der Waals surface area contributed by atoms with Gasteiger partial charge in [0.15, 0.2) is 0 Å². The van der Waals surface area contributed by atoms with Gasteiger partial charge < -0.3 is 0 Å². The molecule has 0 N–H and O–H groups in total. The fourth-order valence-electron chi connectivity index (χ4n) is 1.44. The number of hydrogen-bond donors (Lipinski definition) is 1. The van der Waals surface area contributed by atoms with E-state index >= 15 is 0 Å². The maximum Gasteiger partial charge on any atom is 0.0779 e. The van der Waals surface area contributed by atoms with E-state index in [2.05, 4.69) is 18.7 Å². The second-order valence-corrected chi connectivity index (χ2v) is 5.19. The van der Waals surface area contributed by atoms with Crippen LogP contribution in [-0.2, 0) is 0 Å². The number of hydrogen-bond acceptors (Lipinski definition) is 1. The van der Waals surface area contributed by atoms with Crippen molar-refractivity contribution >= 4 is 40.6 Å². The second kappa shape index (κ2) is 5.15. The highest BCUT2D eigenvalue weighted by atomic mass is 35.5. The van der Waals surface area contributed by atoms with Crippen LogP contribution in [0.25, 0.3) is 0 Å². The zero-order valence-corrected chi connectivity index (χ0v) is 10.4. The number of halogens is 1. The van der Waals surface area contributed by atoms with Gasteiger partial charge in [-0.25, -0.2) is 0 Å². The minimum Gasteiger partial charge on any atom is -0.136 e. The van der Waals surface area contributed by atoms with Crippen molar-refractivity contribution in [3.8, 4) is 0 Å². The lowest BCUT2D eigenvalue weighted by atomic mass is 9.86. The van der Waals surface area contributed by atoms with Crippen molar-refractivity contribution in [2.75, 3.05) is 0 Å². The summed E-state index contributed by atoms with van der Waals surface area (Å²) in [6.07, 6.45) is 12.7. The summed E-state index contributed by atoms with van der Waals surface area (Å²) < 4.78 is 0.644. The van der Waals surface area contributed by atoms with Crippen LogP contribution in [0, 0.1) is 5.92 Å². The third-order valence-electron chi connectivity index (χ3n) is 2.24. The Balaban J connectivity index is 2.87. The van der Waals surface area contributed by atoms with Gasteiger partial charge in [0, 0.05) is 5.92 Å². The lowest BCUT2D eigenvalue weighted by molar-refractivity contribution is 0.636. The molecule has 2 atom stereocenters. The van der Waals surface area contributed by atoms with E-state index in [9.17, 15) is 0 Å². The van der Waals surface area contributed by atoms with Crippen molar-refractivity contribution in [2.24, 2.45) is 5.92 Å².